The fourth-order valence-electron chi connectivity index (χ4n) is 1.07. The Morgan fingerprint density at radius 1 is 1.21 bits per heavy atom. The molecule has 0 saturated carbocycles. The van der Waals surface area contributed by atoms with Crippen LogP contribution in [0, 0.1) is 5.41 Å². The van der Waals surface area contributed by atoms with Crippen LogP contribution in [0.15, 0.2) is 30.3 Å². The van der Waals surface area contributed by atoms with Gasteiger partial charge >= 0.3 is 0 Å². The molecule has 1 rings (SSSR count). The molecule has 0 bridgehead atoms. The fraction of sp³-hybridized carbons (Fsp3) is 0.500. The molecule has 0 atom stereocenters. The summed E-state index contributed by atoms with van der Waals surface area (Å²) in [6.07, 6.45) is 0. The Labute approximate surface area is 91.9 Å². The maximum atomic E-state index is 5.63. The highest BCUT2D eigenvalue weighted by Crippen LogP contribution is 2.17. The van der Waals surface area contributed by atoms with E-state index < -0.39 is 0 Å². The molecule has 0 fully saturated rings. The van der Waals surface area contributed by atoms with Crippen molar-refractivity contribution in [2.75, 3.05) is 12.4 Å². The quantitative estimate of drug-likeness (QED) is 0.734. The molecular formula is C12H18OS. The van der Waals surface area contributed by atoms with Crippen LogP contribution < -0.4 is 0 Å². The smallest absolute Gasteiger partial charge is 0.0717 e. The van der Waals surface area contributed by atoms with Crippen molar-refractivity contribution < 1.29 is 4.74 Å². The summed E-state index contributed by atoms with van der Waals surface area (Å²) in [5, 5.41) is 0. The second-order valence-electron chi connectivity index (χ2n) is 4.30. The molecule has 14 heavy (non-hydrogen) atoms. The largest absolute Gasteiger partial charge is 0.376 e. The average Bonchev–Trinajstić information content (AvgIpc) is 2.19. The summed E-state index contributed by atoms with van der Waals surface area (Å²) in [5.41, 5.74) is 1.39. The minimum Gasteiger partial charge on any atom is -0.376 e. The first-order valence-corrected chi connectivity index (χ1v) is 5.50. The lowest BCUT2D eigenvalue weighted by atomic mass is 9.98. The molecule has 0 aromatic heterocycles. The summed E-state index contributed by atoms with van der Waals surface area (Å²) in [6, 6.07) is 10.2. The van der Waals surface area contributed by atoms with Gasteiger partial charge in [0, 0.05) is 0 Å². The predicted octanol–water partition coefficient (Wildman–Crippen LogP) is 3.16. The molecule has 0 aliphatic heterocycles. The highest BCUT2D eigenvalue weighted by Gasteiger charge is 2.15. The molecule has 0 radical (unpaired) electrons. The SMILES string of the molecule is CC(C)(CS)COCc1ccccc1. The summed E-state index contributed by atoms with van der Waals surface area (Å²) >= 11 is 4.28. The topological polar surface area (TPSA) is 9.23 Å². The molecule has 0 heterocycles. The van der Waals surface area contributed by atoms with Gasteiger partial charge in [-0.05, 0) is 16.7 Å². The van der Waals surface area contributed by atoms with Crippen molar-refractivity contribution in [3.05, 3.63) is 35.9 Å². The van der Waals surface area contributed by atoms with Crippen molar-refractivity contribution in [1.82, 2.24) is 0 Å². The van der Waals surface area contributed by atoms with E-state index in [1.807, 2.05) is 18.2 Å². The third-order valence-corrected chi connectivity index (χ3v) is 2.89. The molecule has 0 N–H and O–H groups in total. The van der Waals surface area contributed by atoms with Crippen LogP contribution in [-0.4, -0.2) is 12.4 Å². The van der Waals surface area contributed by atoms with E-state index in [0.717, 1.165) is 12.4 Å². The molecule has 78 valence electrons. The van der Waals surface area contributed by atoms with Crippen molar-refractivity contribution in [3.8, 4) is 0 Å². The lowest BCUT2D eigenvalue weighted by Crippen LogP contribution is -2.20. The zero-order valence-electron chi connectivity index (χ0n) is 8.86. The standard InChI is InChI=1S/C12H18OS/c1-12(2,10-14)9-13-8-11-6-4-3-5-7-11/h3-7,14H,8-10H2,1-2H3. The highest BCUT2D eigenvalue weighted by molar-refractivity contribution is 7.80. The Bertz CT molecular complexity index is 256. The average molecular weight is 210 g/mol. The first-order valence-electron chi connectivity index (χ1n) is 4.86. The van der Waals surface area contributed by atoms with Gasteiger partial charge in [-0.15, -0.1) is 0 Å². The summed E-state index contributed by atoms with van der Waals surface area (Å²) in [6.45, 7) is 5.76. The van der Waals surface area contributed by atoms with E-state index in [0.29, 0.717) is 6.61 Å². The van der Waals surface area contributed by atoms with Crippen LogP contribution in [0.2, 0.25) is 0 Å². The van der Waals surface area contributed by atoms with Crippen LogP contribution in [-0.2, 0) is 11.3 Å². The first kappa shape index (κ1) is 11.6. The second-order valence-corrected chi connectivity index (χ2v) is 4.62. The van der Waals surface area contributed by atoms with E-state index in [9.17, 15) is 0 Å². The molecule has 0 spiro atoms. The fourth-order valence-corrected chi connectivity index (χ4v) is 1.16. The van der Waals surface area contributed by atoms with Crippen LogP contribution in [0.4, 0.5) is 0 Å². The monoisotopic (exact) mass is 210 g/mol. The van der Waals surface area contributed by atoms with E-state index in [2.05, 4.69) is 38.6 Å². The minimum absolute atomic E-state index is 0.165. The van der Waals surface area contributed by atoms with Crippen LogP contribution in [0.5, 0.6) is 0 Å². The third kappa shape index (κ3) is 4.16. The Morgan fingerprint density at radius 2 is 1.86 bits per heavy atom. The third-order valence-electron chi connectivity index (χ3n) is 2.03. The number of hydrogen-bond donors (Lipinski definition) is 1. The van der Waals surface area contributed by atoms with Crippen LogP contribution >= 0.6 is 12.6 Å². The van der Waals surface area contributed by atoms with Crippen molar-refractivity contribution in [3.63, 3.8) is 0 Å². The van der Waals surface area contributed by atoms with Crippen LogP contribution in [0.1, 0.15) is 19.4 Å². The van der Waals surface area contributed by atoms with Gasteiger partial charge in [0.15, 0.2) is 0 Å². The maximum absolute atomic E-state index is 5.63. The van der Waals surface area contributed by atoms with Crippen molar-refractivity contribution in [1.29, 1.82) is 0 Å². The number of benzene rings is 1. The summed E-state index contributed by atoms with van der Waals surface area (Å²) in [5.74, 6) is 0.849. The molecule has 1 nitrogen and oxygen atoms in total. The molecule has 0 aliphatic rings. The van der Waals surface area contributed by atoms with E-state index in [1.54, 1.807) is 0 Å². The number of thiol groups is 1. The highest BCUT2D eigenvalue weighted by atomic mass is 32.1. The van der Waals surface area contributed by atoms with Gasteiger partial charge in [-0.2, -0.15) is 12.6 Å². The Morgan fingerprint density at radius 3 is 2.43 bits per heavy atom. The number of ether oxygens (including phenoxy) is 1. The molecule has 0 aliphatic carbocycles. The van der Waals surface area contributed by atoms with Gasteiger partial charge in [0.1, 0.15) is 0 Å². The van der Waals surface area contributed by atoms with Gasteiger partial charge < -0.3 is 4.74 Å². The minimum atomic E-state index is 0.165. The van der Waals surface area contributed by atoms with Gasteiger partial charge in [0.25, 0.3) is 0 Å². The van der Waals surface area contributed by atoms with E-state index in [1.165, 1.54) is 5.56 Å². The van der Waals surface area contributed by atoms with Crippen LogP contribution in [0.25, 0.3) is 0 Å². The molecule has 2 heteroatoms. The lowest BCUT2D eigenvalue weighted by Gasteiger charge is -2.21. The Hall–Kier alpha value is -0.470. The van der Waals surface area contributed by atoms with Crippen molar-refractivity contribution in [2.24, 2.45) is 5.41 Å². The van der Waals surface area contributed by atoms with Crippen molar-refractivity contribution >= 4 is 12.6 Å². The molecular weight excluding hydrogens is 192 g/mol. The normalized spacial score (nSPS) is 11.6. The Kier molecular flexibility index (Phi) is 4.49. The van der Waals surface area contributed by atoms with E-state index in [4.69, 9.17) is 4.74 Å². The van der Waals surface area contributed by atoms with E-state index >= 15 is 0 Å². The summed E-state index contributed by atoms with van der Waals surface area (Å²) < 4.78 is 5.63. The van der Waals surface area contributed by atoms with Gasteiger partial charge in [-0.3, -0.25) is 0 Å². The van der Waals surface area contributed by atoms with Crippen LogP contribution in [0.3, 0.4) is 0 Å². The Balaban J connectivity index is 2.29. The molecule has 0 amide bonds. The number of rotatable bonds is 5. The first-order chi connectivity index (χ1) is 6.64. The zero-order valence-corrected chi connectivity index (χ0v) is 9.76. The molecule has 0 unspecified atom stereocenters. The summed E-state index contributed by atoms with van der Waals surface area (Å²) in [7, 11) is 0. The lowest BCUT2D eigenvalue weighted by molar-refractivity contribution is 0.0621. The predicted molar refractivity (Wildman–Crippen MR) is 63.7 cm³/mol. The van der Waals surface area contributed by atoms with Gasteiger partial charge in [-0.1, -0.05) is 44.2 Å². The molecule has 0 saturated heterocycles. The van der Waals surface area contributed by atoms with Gasteiger partial charge in [0.05, 0.1) is 13.2 Å². The number of hydrogen-bond acceptors (Lipinski definition) is 2. The van der Waals surface area contributed by atoms with Gasteiger partial charge in [0.2, 0.25) is 0 Å². The zero-order chi connectivity index (χ0) is 10.4. The van der Waals surface area contributed by atoms with Gasteiger partial charge in [-0.25, -0.2) is 0 Å². The molecule has 1 aromatic carbocycles. The summed E-state index contributed by atoms with van der Waals surface area (Å²) in [4.78, 5) is 0. The van der Waals surface area contributed by atoms with Crippen molar-refractivity contribution in [2.45, 2.75) is 20.5 Å². The van der Waals surface area contributed by atoms with E-state index in [-0.39, 0.29) is 5.41 Å². The molecule has 1 aromatic rings. The second kappa shape index (κ2) is 5.42. The maximum Gasteiger partial charge on any atom is 0.0717 e.